The van der Waals surface area contributed by atoms with Gasteiger partial charge < -0.3 is 14.6 Å². The number of aliphatic imine (C=N–C) groups is 1. The van der Waals surface area contributed by atoms with E-state index in [9.17, 15) is 9.90 Å². The summed E-state index contributed by atoms with van der Waals surface area (Å²) >= 11 is 0. The van der Waals surface area contributed by atoms with E-state index < -0.39 is 5.97 Å². The highest BCUT2D eigenvalue weighted by molar-refractivity contribution is 6.11. The van der Waals surface area contributed by atoms with Gasteiger partial charge in [-0.3, -0.25) is 0 Å². The summed E-state index contributed by atoms with van der Waals surface area (Å²) in [5, 5.41) is 9.61. The zero-order chi connectivity index (χ0) is 17.8. The summed E-state index contributed by atoms with van der Waals surface area (Å²) < 4.78 is 10.2. The van der Waals surface area contributed by atoms with Gasteiger partial charge in [0.2, 0.25) is 5.90 Å². The van der Waals surface area contributed by atoms with Gasteiger partial charge in [0, 0.05) is 6.08 Å². The van der Waals surface area contributed by atoms with Crippen molar-refractivity contribution in [3.8, 4) is 11.5 Å². The summed E-state index contributed by atoms with van der Waals surface area (Å²) in [6.45, 7) is 2.02. The molecule has 0 saturated heterocycles. The van der Waals surface area contributed by atoms with E-state index >= 15 is 0 Å². The Hall–Kier alpha value is -3.34. The predicted molar refractivity (Wildman–Crippen MR) is 96.4 cm³/mol. The van der Waals surface area contributed by atoms with Crippen LogP contribution in [-0.2, 0) is 9.53 Å². The predicted octanol–water partition coefficient (Wildman–Crippen LogP) is 3.72. The summed E-state index contributed by atoms with van der Waals surface area (Å²) in [6.07, 6.45) is 5.07. The molecule has 1 N–H and O–H groups in total. The van der Waals surface area contributed by atoms with E-state index in [2.05, 4.69) is 4.99 Å². The number of carbonyl (C=O) groups excluding carboxylic acids is 1. The molecule has 0 aliphatic carbocycles. The van der Waals surface area contributed by atoms with Crippen LogP contribution in [0.15, 0.2) is 59.2 Å². The standard InChI is InChI=1S/C20H17NO4/c1-13-3-5-14(6-4-13)8-10-19-21-16(20(23)25-19)11-15-7-9-17(22)18(12-15)24-2/h3-12,22H,1-2H3/b10-8+,16-11-. The average molecular weight is 335 g/mol. The summed E-state index contributed by atoms with van der Waals surface area (Å²) in [7, 11) is 1.46. The first-order valence-corrected chi connectivity index (χ1v) is 7.69. The number of esters is 1. The number of aromatic hydroxyl groups is 1. The zero-order valence-corrected chi connectivity index (χ0v) is 13.9. The number of hydrogen-bond acceptors (Lipinski definition) is 5. The quantitative estimate of drug-likeness (QED) is 0.683. The Morgan fingerprint density at radius 1 is 1.08 bits per heavy atom. The van der Waals surface area contributed by atoms with Crippen LogP contribution in [0.3, 0.4) is 0 Å². The molecular weight excluding hydrogens is 318 g/mol. The van der Waals surface area contributed by atoms with E-state index in [0.29, 0.717) is 11.3 Å². The Bertz CT molecular complexity index is 892. The van der Waals surface area contributed by atoms with E-state index in [0.717, 1.165) is 5.56 Å². The average Bonchev–Trinajstić information content (AvgIpc) is 2.96. The monoisotopic (exact) mass is 335 g/mol. The third-order valence-electron chi connectivity index (χ3n) is 3.64. The van der Waals surface area contributed by atoms with E-state index in [4.69, 9.17) is 9.47 Å². The molecule has 0 unspecified atom stereocenters. The lowest BCUT2D eigenvalue weighted by atomic mass is 10.1. The number of methoxy groups -OCH3 is 1. The molecule has 25 heavy (non-hydrogen) atoms. The number of cyclic esters (lactones) is 1. The first kappa shape index (κ1) is 16.5. The van der Waals surface area contributed by atoms with Crippen molar-refractivity contribution in [2.75, 3.05) is 7.11 Å². The molecular formula is C20H17NO4. The molecule has 5 heteroatoms. The fourth-order valence-corrected chi connectivity index (χ4v) is 2.28. The lowest BCUT2D eigenvalue weighted by Crippen LogP contribution is -2.01. The van der Waals surface area contributed by atoms with Crippen molar-refractivity contribution in [1.82, 2.24) is 0 Å². The summed E-state index contributed by atoms with van der Waals surface area (Å²) in [5.41, 5.74) is 3.03. The molecule has 2 aromatic carbocycles. The molecule has 2 aromatic rings. The van der Waals surface area contributed by atoms with Crippen LogP contribution in [0.2, 0.25) is 0 Å². The highest BCUT2D eigenvalue weighted by atomic mass is 16.6. The molecule has 1 heterocycles. The Kier molecular flexibility index (Phi) is 4.66. The van der Waals surface area contributed by atoms with Crippen LogP contribution in [0.5, 0.6) is 11.5 Å². The summed E-state index contributed by atoms with van der Waals surface area (Å²) in [5.74, 6) is 0.0752. The van der Waals surface area contributed by atoms with Gasteiger partial charge in [-0.05, 0) is 42.3 Å². The van der Waals surface area contributed by atoms with Crippen LogP contribution in [0.1, 0.15) is 16.7 Å². The molecule has 126 valence electrons. The van der Waals surface area contributed by atoms with Gasteiger partial charge >= 0.3 is 5.97 Å². The number of aryl methyl sites for hydroxylation is 1. The summed E-state index contributed by atoms with van der Waals surface area (Å²) in [6, 6.07) is 12.7. The van der Waals surface area contributed by atoms with Crippen molar-refractivity contribution in [1.29, 1.82) is 0 Å². The van der Waals surface area contributed by atoms with Crippen LogP contribution in [0, 0.1) is 6.92 Å². The van der Waals surface area contributed by atoms with Crippen LogP contribution in [0.4, 0.5) is 0 Å². The normalized spacial score (nSPS) is 15.5. The van der Waals surface area contributed by atoms with Crippen LogP contribution < -0.4 is 4.74 Å². The van der Waals surface area contributed by atoms with Gasteiger partial charge in [0.1, 0.15) is 0 Å². The van der Waals surface area contributed by atoms with E-state index in [1.165, 1.54) is 18.7 Å². The number of carbonyl (C=O) groups is 1. The number of rotatable bonds is 4. The van der Waals surface area contributed by atoms with E-state index in [-0.39, 0.29) is 17.3 Å². The minimum absolute atomic E-state index is 0.0314. The highest BCUT2D eigenvalue weighted by Gasteiger charge is 2.21. The molecule has 0 aromatic heterocycles. The third-order valence-corrected chi connectivity index (χ3v) is 3.64. The van der Waals surface area contributed by atoms with Gasteiger partial charge in [0.25, 0.3) is 0 Å². The lowest BCUT2D eigenvalue weighted by molar-refractivity contribution is -0.129. The molecule has 0 fully saturated rings. The maximum Gasteiger partial charge on any atom is 0.363 e. The van der Waals surface area contributed by atoms with Crippen molar-refractivity contribution in [3.63, 3.8) is 0 Å². The van der Waals surface area contributed by atoms with Crippen molar-refractivity contribution in [3.05, 3.63) is 70.9 Å². The molecule has 3 rings (SSSR count). The lowest BCUT2D eigenvalue weighted by Gasteiger charge is -2.03. The second kappa shape index (κ2) is 7.05. The fourth-order valence-electron chi connectivity index (χ4n) is 2.28. The Morgan fingerprint density at radius 3 is 2.52 bits per heavy atom. The zero-order valence-electron chi connectivity index (χ0n) is 13.9. The highest BCUT2D eigenvalue weighted by Crippen LogP contribution is 2.28. The van der Waals surface area contributed by atoms with Gasteiger partial charge in [-0.2, -0.15) is 0 Å². The number of phenolic OH excluding ortho intramolecular Hbond substituents is 1. The van der Waals surface area contributed by atoms with Gasteiger partial charge in [-0.15, -0.1) is 0 Å². The molecule has 1 aliphatic heterocycles. The topological polar surface area (TPSA) is 68.1 Å². The maximum absolute atomic E-state index is 11.9. The maximum atomic E-state index is 11.9. The molecule has 0 saturated carbocycles. The van der Waals surface area contributed by atoms with Crippen molar-refractivity contribution >= 4 is 24.0 Å². The number of benzene rings is 2. The molecule has 0 spiro atoms. The number of hydrogen-bond donors (Lipinski definition) is 1. The second-order valence-corrected chi connectivity index (χ2v) is 5.54. The number of nitrogens with zero attached hydrogens (tertiary/aromatic N) is 1. The first-order valence-electron chi connectivity index (χ1n) is 7.69. The number of phenols is 1. The molecule has 1 aliphatic rings. The largest absolute Gasteiger partial charge is 0.504 e. The van der Waals surface area contributed by atoms with Crippen LogP contribution in [0.25, 0.3) is 12.2 Å². The minimum Gasteiger partial charge on any atom is -0.504 e. The van der Waals surface area contributed by atoms with E-state index in [1.54, 1.807) is 24.3 Å². The number of ether oxygens (including phenoxy) is 2. The van der Waals surface area contributed by atoms with Crippen molar-refractivity contribution in [2.24, 2.45) is 4.99 Å². The Balaban J connectivity index is 1.81. The molecule has 5 nitrogen and oxygen atoms in total. The van der Waals surface area contributed by atoms with Crippen molar-refractivity contribution in [2.45, 2.75) is 6.92 Å². The van der Waals surface area contributed by atoms with Gasteiger partial charge in [0.05, 0.1) is 7.11 Å². The molecule has 0 atom stereocenters. The molecule has 0 radical (unpaired) electrons. The third kappa shape index (κ3) is 3.95. The summed E-state index contributed by atoms with van der Waals surface area (Å²) in [4.78, 5) is 16.1. The Morgan fingerprint density at radius 2 is 1.80 bits per heavy atom. The first-order chi connectivity index (χ1) is 12.0. The van der Waals surface area contributed by atoms with Gasteiger partial charge in [-0.25, -0.2) is 9.79 Å². The Labute approximate surface area is 145 Å². The van der Waals surface area contributed by atoms with Crippen molar-refractivity contribution < 1.29 is 19.4 Å². The SMILES string of the molecule is COc1cc(/C=C2N=C(/C=C/c3ccc(C)cc3)OC\2=O)ccc1O. The fraction of sp³-hybridized carbons (Fsp3) is 0.100. The van der Waals surface area contributed by atoms with Crippen LogP contribution >= 0.6 is 0 Å². The van der Waals surface area contributed by atoms with Gasteiger partial charge in [-0.1, -0.05) is 35.9 Å². The van der Waals surface area contributed by atoms with Gasteiger partial charge in [0.15, 0.2) is 17.2 Å². The van der Waals surface area contributed by atoms with Crippen LogP contribution in [-0.4, -0.2) is 24.1 Å². The molecule has 0 amide bonds. The second-order valence-electron chi connectivity index (χ2n) is 5.54. The molecule has 0 bridgehead atoms. The van der Waals surface area contributed by atoms with E-state index in [1.807, 2.05) is 37.3 Å². The minimum atomic E-state index is -0.518. The smallest absolute Gasteiger partial charge is 0.363 e.